The number of hydrogen-bond acceptors (Lipinski definition) is 5. The molecule has 242 valence electrons. The molecule has 2 aromatic carbocycles. The van der Waals surface area contributed by atoms with Gasteiger partial charge in [0.15, 0.2) is 0 Å². The molecule has 4 N–H and O–H groups in total. The normalized spacial score (nSPS) is 13.5. The quantitative estimate of drug-likeness (QED) is 0.239. The van der Waals surface area contributed by atoms with Crippen LogP contribution in [-0.4, -0.2) is 64.6 Å². The summed E-state index contributed by atoms with van der Waals surface area (Å²) in [6.07, 6.45) is -8.49. The number of rotatable bonds is 10. The number of alkyl carbamates (subject to hydrolysis) is 1. The molecule has 0 aliphatic rings. The molecule has 18 heteroatoms. The average molecular weight is 645 g/mol. The largest absolute Gasteiger partial charge is 0.478 e. The number of benzene rings is 2. The van der Waals surface area contributed by atoms with Crippen molar-refractivity contribution in [2.45, 2.75) is 62.8 Å². The molecule has 3 amide bonds. The Morgan fingerprint density at radius 1 is 0.750 bits per heavy atom. The predicted octanol–water partition coefficient (Wildman–Crippen LogP) is 5.87. The van der Waals surface area contributed by atoms with Gasteiger partial charge in [-0.1, -0.05) is 12.1 Å². The monoisotopic (exact) mass is 645 g/mol. The van der Waals surface area contributed by atoms with Gasteiger partial charge in [-0.15, -0.1) is 0 Å². The van der Waals surface area contributed by atoms with E-state index in [1.807, 2.05) is 0 Å². The number of alkyl halides is 9. The Bertz CT molecular complexity index is 1370. The van der Waals surface area contributed by atoms with Gasteiger partial charge in [0.2, 0.25) is 5.91 Å². The number of aromatic carboxylic acids is 1. The maximum absolute atomic E-state index is 13.9. The van der Waals surface area contributed by atoms with E-state index in [9.17, 15) is 58.7 Å². The maximum Gasteiger partial charge on any atom is 0.460 e. The second kappa shape index (κ2) is 12.6. The van der Waals surface area contributed by atoms with Crippen LogP contribution in [0.4, 0.5) is 55.7 Å². The van der Waals surface area contributed by atoms with Gasteiger partial charge in [-0.25, -0.2) is 9.59 Å². The third-order valence-corrected chi connectivity index (χ3v) is 5.49. The SMILES string of the molecule is CC(C)(C)OC(=O)N[C@@H](Cc1ccc(NC(=O)C(F)(F)C(F)(F)C(F)(F)C(F)(F)F)cc1)C(=O)Nc1ccc(C(=O)O)cc1. The molecule has 0 spiro atoms. The molecule has 0 unspecified atom stereocenters. The van der Waals surface area contributed by atoms with Crippen LogP contribution in [0.5, 0.6) is 0 Å². The number of amides is 3. The number of nitrogens with one attached hydrogen (secondary N) is 3. The number of ether oxygens (including phenoxy) is 1. The molecular weight excluding hydrogens is 621 g/mol. The second-order valence-corrected chi connectivity index (χ2v) is 10.1. The van der Waals surface area contributed by atoms with Gasteiger partial charge in [0.05, 0.1) is 5.56 Å². The average Bonchev–Trinajstić information content (AvgIpc) is 2.87. The highest BCUT2D eigenvalue weighted by Gasteiger charge is 2.83. The Morgan fingerprint density at radius 2 is 1.23 bits per heavy atom. The molecule has 9 nitrogen and oxygen atoms in total. The lowest BCUT2D eigenvalue weighted by Crippen LogP contribution is -2.64. The van der Waals surface area contributed by atoms with E-state index in [4.69, 9.17) is 9.84 Å². The Labute approximate surface area is 242 Å². The molecule has 0 aliphatic heterocycles. The van der Waals surface area contributed by atoms with Gasteiger partial charge < -0.3 is 25.8 Å². The summed E-state index contributed by atoms with van der Waals surface area (Å²) in [5, 5.41) is 14.9. The molecule has 0 bridgehead atoms. The summed E-state index contributed by atoms with van der Waals surface area (Å²) in [4.78, 5) is 48.0. The van der Waals surface area contributed by atoms with Gasteiger partial charge >= 0.3 is 41.9 Å². The van der Waals surface area contributed by atoms with Crippen LogP contribution < -0.4 is 16.0 Å². The van der Waals surface area contributed by atoms with Gasteiger partial charge in [-0.3, -0.25) is 9.59 Å². The molecule has 1 atom stereocenters. The molecule has 2 rings (SSSR count). The minimum Gasteiger partial charge on any atom is -0.478 e. The highest BCUT2D eigenvalue weighted by Crippen LogP contribution is 2.53. The summed E-state index contributed by atoms with van der Waals surface area (Å²) in [5.74, 6) is -26.1. The van der Waals surface area contributed by atoms with Crippen molar-refractivity contribution in [3.63, 3.8) is 0 Å². The Kier molecular flexibility index (Phi) is 10.2. The van der Waals surface area contributed by atoms with E-state index in [2.05, 4.69) is 10.6 Å². The number of anilines is 2. The van der Waals surface area contributed by atoms with Gasteiger partial charge in [-0.2, -0.15) is 39.5 Å². The zero-order valence-electron chi connectivity index (χ0n) is 22.8. The van der Waals surface area contributed by atoms with Crippen LogP contribution >= 0.6 is 0 Å². The molecular formula is C26H24F9N3O6. The summed E-state index contributed by atoms with van der Waals surface area (Å²) in [5.41, 5.74) is -1.53. The first-order valence-corrected chi connectivity index (χ1v) is 12.1. The number of carbonyl (C=O) groups is 4. The number of halogens is 9. The number of carbonyl (C=O) groups excluding carboxylic acids is 3. The van der Waals surface area contributed by atoms with Crippen LogP contribution in [0.2, 0.25) is 0 Å². The van der Waals surface area contributed by atoms with Crippen molar-refractivity contribution in [3.05, 3.63) is 59.7 Å². The van der Waals surface area contributed by atoms with Crippen LogP contribution in [0, 0.1) is 0 Å². The fraction of sp³-hybridized carbons (Fsp3) is 0.385. The third-order valence-electron chi connectivity index (χ3n) is 5.49. The summed E-state index contributed by atoms with van der Waals surface area (Å²) in [6.45, 7) is 4.59. The van der Waals surface area contributed by atoms with Crippen molar-refractivity contribution in [1.82, 2.24) is 5.32 Å². The molecule has 0 aliphatic carbocycles. The van der Waals surface area contributed by atoms with E-state index in [1.54, 1.807) is 0 Å². The van der Waals surface area contributed by atoms with Gasteiger partial charge in [-0.05, 0) is 62.7 Å². The first-order valence-electron chi connectivity index (χ1n) is 12.1. The zero-order valence-corrected chi connectivity index (χ0v) is 22.8. The van der Waals surface area contributed by atoms with Crippen LogP contribution in [0.15, 0.2) is 48.5 Å². The zero-order chi connectivity index (χ0) is 33.9. The summed E-state index contributed by atoms with van der Waals surface area (Å²) in [6, 6.07) is 7.13. The minimum absolute atomic E-state index is 0.0887. The van der Waals surface area contributed by atoms with Crippen molar-refractivity contribution < 1.29 is 68.5 Å². The maximum atomic E-state index is 13.9. The molecule has 2 aromatic rings. The van der Waals surface area contributed by atoms with Gasteiger partial charge in [0.25, 0.3) is 0 Å². The third kappa shape index (κ3) is 8.31. The molecule has 44 heavy (non-hydrogen) atoms. The van der Waals surface area contributed by atoms with E-state index in [-0.39, 0.29) is 23.2 Å². The predicted molar refractivity (Wildman–Crippen MR) is 135 cm³/mol. The summed E-state index contributed by atoms with van der Waals surface area (Å²) < 4.78 is 123. The highest BCUT2D eigenvalue weighted by atomic mass is 19.4. The van der Waals surface area contributed by atoms with Crippen molar-refractivity contribution in [3.8, 4) is 0 Å². The lowest BCUT2D eigenvalue weighted by atomic mass is 10.0. The molecule has 0 radical (unpaired) electrons. The van der Waals surface area contributed by atoms with Crippen molar-refractivity contribution in [1.29, 1.82) is 0 Å². The molecule has 0 fully saturated rings. The van der Waals surface area contributed by atoms with Crippen LogP contribution in [0.25, 0.3) is 0 Å². The molecule has 0 aromatic heterocycles. The molecule has 0 heterocycles. The van der Waals surface area contributed by atoms with Crippen LogP contribution in [0.1, 0.15) is 36.7 Å². The second-order valence-electron chi connectivity index (χ2n) is 10.1. The van der Waals surface area contributed by atoms with E-state index in [0.717, 1.165) is 29.6 Å². The lowest BCUT2D eigenvalue weighted by molar-refractivity contribution is -0.388. The smallest absolute Gasteiger partial charge is 0.460 e. The molecule has 0 saturated heterocycles. The fourth-order valence-corrected chi connectivity index (χ4v) is 3.27. The van der Waals surface area contributed by atoms with Crippen molar-refractivity contribution in [2.75, 3.05) is 10.6 Å². The molecule has 0 saturated carbocycles. The Hall–Kier alpha value is -4.51. The van der Waals surface area contributed by atoms with Gasteiger partial charge in [0.1, 0.15) is 11.6 Å². The van der Waals surface area contributed by atoms with E-state index in [0.29, 0.717) is 0 Å². The fourth-order valence-electron chi connectivity index (χ4n) is 3.27. The van der Waals surface area contributed by atoms with E-state index < -0.39 is 65.2 Å². The standard InChI is InChI=1S/C26H24F9N3O6/c1-22(2,3)44-21(43)38-17(18(39)36-15-10-6-14(7-11-15)19(40)41)12-13-4-8-16(9-5-13)37-20(42)23(27,28)24(29,30)25(31,32)26(33,34)35/h4-11,17H,12H2,1-3H3,(H,36,39)(H,37,42)(H,38,43)(H,40,41)/t17-/m0/s1. The first kappa shape index (κ1) is 35.7. The van der Waals surface area contributed by atoms with Crippen LogP contribution in [-0.2, 0) is 20.7 Å². The topological polar surface area (TPSA) is 134 Å². The summed E-state index contributed by atoms with van der Waals surface area (Å²) >= 11 is 0. The van der Waals surface area contributed by atoms with Crippen LogP contribution in [0.3, 0.4) is 0 Å². The Balaban J connectivity index is 2.24. The minimum atomic E-state index is -7.25. The van der Waals surface area contributed by atoms with E-state index in [1.165, 1.54) is 45.0 Å². The van der Waals surface area contributed by atoms with E-state index >= 15 is 0 Å². The first-order chi connectivity index (χ1) is 19.9. The highest BCUT2D eigenvalue weighted by molar-refractivity contribution is 5.98. The summed E-state index contributed by atoms with van der Waals surface area (Å²) in [7, 11) is 0. The number of carboxylic acid groups (broad SMARTS) is 1. The Morgan fingerprint density at radius 3 is 1.68 bits per heavy atom. The number of carboxylic acids is 1. The number of hydrogen-bond donors (Lipinski definition) is 4. The van der Waals surface area contributed by atoms with Crippen molar-refractivity contribution >= 4 is 35.3 Å². The van der Waals surface area contributed by atoms with Gasteiger partial charge in [0, 0.05) is 17.8 Å². The van der Waals surface area contributed by atoms with Crippen molar-refractivity contribution in [2.24, 2.45) is 0 Å². The lowest BCUT2D eigenvalue weighted by Gasteiger charge is -2.32.